The summed E-state index contributed by atoms with van der Waals surface area (Å²) in [5.41, 5.74) is 1.77. The van der Waals surface area contributed by atoms with Gasteiger partial charge in [-0.25, -0.2) is 4.79 Å². The molecule has 1 aliphatic heterocycles. The minimum Gasteiger partial charge on any atom is -0.484 e. The monoisotopic (exact) mass is 395 g/mol. The van der Waals surface area contributed by atoms with Crippen molar-refractivity contribution in [2.45, 2.75) is 38.3 Å². The Morgan fingerprint density at radius 3 is 2.79 bits per heavy atom. The highest BCUT2D eigenvalue weighted by Crippen LogP contribution is 2.33. The Hall–Kier alpha value is -2.51. The zero-order valence-corrected chi connectivity index (χ0v) is 15.2. The number of rotatable bonds is 3. The number of amides is 1. The van der Waals surface area contributed by atoms with E-state index in [9.17, 15) is 22.8 Å². The normalized spacial score (nSPS) is 19.7. The first kappa shape index (κ1) is 18.8. The molecular formula is C20H20F3NO4. The Morgan fingerprint density at radius 2 is 2.00 bits per heavy atom. The first-order valence-electron chi connectivity index (χ1n) is 9.39. The van der Waals surface area contributed by atoms with Gasteiger partial charge in [0.2, 0.25) is 0 Å². The standard InChI is InChI=1S/C20H20F3NO4/c21-20(22,23)12-3-2-8-24(10-12)18(25)11-27-13-6-7-15-14-4-1-5-16(14)19(26)28-17(15)9-13/h6-7,9,12H,1-5,8,10-11H2/t12-/m1/s1. The van der Waals surface area contributed by atoms with Crippen molar-refractivity contribution in [3.8, 4) is 5.75 Å². The molecule has 1 aliphatic carbocycles. The molecule has 0 radical (unpaired) electrons. The van der Waals surface area contributed by atoms with Crippen molar-refractivity contribution in [2.75, 3.05) is 19.7 Å². The van der Waals surface area contributed by atoms with E-state index in [-0.39, 0.29) is 25.2 Å². The SMILES string of the molecule is O=C(COc1ccc2c3c(c(=O)oc2c1)CCC3)N1CCC[C@@H](C(F)(F)F)C1. The number of halogens is 3. The number of hydrogen-bond donors (Lipinski definition) is 0. The maximum absolute atomic E-state index is 12.9. The minimum atomic E-state index is -4.30. The first-order chi connectivity index (χ1) is 13.3. The molecule has 2 heterocycles. The van der Waals surface area contributed by atoms with Gasteiger partial charge in [-0.3, -0.25) is 4.79 Å². The lowest BCUT2D eigenvalue weighted by Gasteiger charge is -2.33. The van der Waals surface area contributed by atoms with E-state index >= 15 is 0 Å². The number of carbonyl (C=O) groups is 1. The second kappa shape index (κ2) is 7.14. The number of piperidine rings is 1. The molecule has 1 amide bonds. The number of carbonyl (C=O) groups excluding carboxylic acids is 1. The number of hydrogen-bond acceptors (Lipinski definition) is 4. The summed E-state index contributed by atoms with van der Waals surface area (Å²) in [5.74, 6) is -1.63. The average Bonchev–Trinajstić information content (AvgIpc) is 3.16. The number of fused-ring (bicyclic) bond motifs is 3. The van der Waals surface area contributed by atoms with Crippen LogP contribution < -0.4 is 10.4 Å². The fraction of sp³-hybridized carbons (Fsp3) is 0.500. The summed E-state index contributed by atoms with van der Waals surface area (Å²) in [6.45, 7) is -0.386. The van der Waals surface area contributed by atoms with Crippen LogP contribution in [0.3, 0.4) is 0 Å². The molecule has 2 aromatic rings. The summed E-state index contributed by atoms with van der Waals surface area (Å²) in [6.07, 6.45) is -1.47. The van der Waals surface area contributed by atoms with E-state index in [1.54, 1.807) is 18.2 Å². The predicted octanol–water partition coefficient (Wildman–Crippen LogP) is 3.46. The van der Waals surface area contributed by atoms with E-state index in [4.69, 9.17) is 9.15 Å². The molecule has 28 heavy (non-hydrogen) atoms. The highest BCUT2D eigenvalue weighted by Gasteiger charge is 2.42. The van der Waals surface area contributed by atoms with Gasteiger partial charge in [0.15, 0.2) is 6.61 Å². The fourth-order valence-corrected chi connectivity index (χ4v) is 4.06. The van der Waals surface area contributed by atoms with Crippen LogP contribution >= 0.6 is 0 Å². The lowest BCUT2D eigenvalue weighted by Crippen LogP contribution is -2.46. The number of nitrogens with zero attached hydrogens (tertiary/aromatic N) is 1. The molecule has 0 bridgehead atoms. The van der Waals surface area contributed by atoms with Gasteiger partial charge in [0.1, 0.15) is 11.3 Å². The summed E-state index contributed by atoms with van der Waals surface area (Å²) in [7, 11) is 0. The fourth-order valence-electron chi connectivity index (χ4n) is 4.06. The smallest absolute Gasteiger partial charge is 0.393 e. The van der Waals surface area contributed by atoms with Gasteiger partial charge >= 0.3 is 11.8 Å². The summed E-state index contributed by atoms with van der Waals surface area (Å²) in [5, 5.41) is 0.856. The minimum absolute atomic E-state index is 0.0438. The molecule has 4 rings (SSSR count). The lowest BCUT2D eigenvalue weighted by molar-refractivity contribution is -0.188. The molecule has 0 N–H and O–H groups in total. The Kier molecular flexibility index (Phi) is 4.81. The maximum Gasteiger partial charge on any atom is 0.393 e. The molecule has 1 aromatic carbocycles. The van der Waals surface area contributed by atoms with E-state index < -0.39 is 18.0 Å². The molecule has 1 saturated heterocycles. The zero-order valence-electron chi connectivity index (χ0n) is 15.2. The topological polar surface area (TPSA) is 59.8 Å². The van der Waals surface area contributed by atoms with E-state index in [0.29, 0.717) is 24.3 Å². The van der Waals surface area contributed by atoms with Crippen molar-refractivity contribution in [3.05, 3.63) is 39.7 Å². The molecule has 1 fully saturated rings. The highest BCUT2D eigenvalue weighted by molar-refractivity contribution is 5.83. The largest absolute Gasteiger partial charge is 0.484 e. The van der Waals surface area contributed by atoms with Crippen molar-refractivity contribution in [1.82, 2.24) is 4.90 Å². The number of ether oxygens (including phenoxy) is 1. The van der Waals surface area contributed by atoms with Gasteiger partial charge in [0.05, 0.1) is 5.92 Å². The van der Waals surface area contributed by atoms with Gasteiger partial charge in [-0.05, 0) is 49.8 Å². The van der Waals surface area contributed by atoms with E-state index in [2.05, 4.69) is 0 Å². The molecule has 0 saturated carbocycles. The van der Waals surface area contributed by atoms with Gasteiger partial charge in [0, 0.05) is 30.1 Å². The molecule has 2 aliphatic rings. The first-order valence-corrected chi connectivity index (χ1v) is 9.39. The zero-order chi connectivity index (χ0) is 19.9. The Morgan fingerprint density at radius 1 is 1.21 bits per heavy atom. The third kappa shape index (κ3) is 3.59. The van der Waals surface area contributed by atoms with Crippen molar-refractivity contribution in [2.24, 2.45) is 5.92 Å². The Labute approximate surface area is 159 Å². The van der Waals surface area contributed by atoms with E-state index in [1.165, 1.54) is 4.90 Å². The molecular weight excluding hydrogens is 375 g/mol. The van der Waals surface area contributed by atoms with Crippen molar-refractivity contribution < 1.29 is 27.1 Å². The summed E-state index contributed by atoms with van der Waals surface area (Å²) in [4.78, 5) is 25.5. The van der Waals surface area contributed by atoms with Crippen LogP contribution in [0.5, 0.6) is 5.75 Å². The molecule has 1 atom stereocenters. The third-order valence-corrected chi connectivity index (χ3v) is 5.54. The van der Waals surface area contributed by atoms with Gasteiger partial charge < -0.3 is 14.1 Å². The number of likely N-dealkylation sites (tertiary alicyclic amines) is 1. The summed E-state index contributed by atoms with van der Waals surface area (Å²) < 4.78 is 49.5. The second-order valence-corrected chi connectivity index (χ2v) is 7.37. The molecule has 150 valence electrons. The lowest BCUT2D eigenvalue weighted by atomic mass is 9.97. The molecule has 0 spiro atoms. The molecule has 1 aromatic heterocycles. The van der Waals surface area contributed by atoms with Crippen LogP contribution in [-0.4, -0.2) is 36.7 Å². The maximum atomic E-state index is 12.9. The van der Waals surface area contributed by atoms with Crippen molar-refractivity contribution >= 4 is 16.9 Å². The summed E-state index contributed by atoms with van der Waals surface area (Å²) in [6, 6.07) is 5.03. The molecule has 0 unspecified atom stereocenters. The van der Waals surface area contributed by atoms with Gasteiger partial charge in [0.25, 0.3) is 5.91 Å². The van der Waals surface area contributed by atoms with Crippen LogP contribution in [-0.2, 0) is 17.6 Å². The van der Waals surface area contributed by atoms with Crippen LogP contribution in [0.25, 0.3) is 11.0 Å². The second-order valence-electron chi connectivity index (χ2n) is 7.37. The van der Waals surface area contributed by atoms with Crippen LogP contribution in [0.2, 0.25) is 0 Å². The van der Waals surface area contributed by atoms with Gasteiger partial charge in [-0.1, -0.05) is 0 Å². The Balaban J connectivity index is 1.45. The van der Waals surface area contributed by atoms with Crippen LogP contribution in [0.15, 0.2) is 27.4 Å². The van der Waals surface area contributed by atoms with Crippen LogP contribution in [0, 0.1) is 5.92 Å². The van der Waals surface area contributed by atoms with E-state index in [1.807, 2.05) is 0 Å². The van der Waals surface area contributed by atoms with E-state index in [0.717, 1.165) is 35.8 Å². The number of benzene rings is 1. The number of alkyl halides is 3. The highest BCUT2D eigenvalue weighted by atomic mass is 19.4. The van der Waals surface area contributed by atoms with Crippen molar-refractivity contribution in [3.63, 3.8) is 0 Å². The summed E-state index contributed by atoms with van der Waals surface area (Å²) >= 11 is 0. The predicted molar refractivity (Wildman–Crippen MR) is 95.4 cm³/mol. The van der Waals surface area contributed by atoms with Crippen molar-refractivity contribution in [1.29, 1.82) is 0 Å². The van der Waals surface area contributed by atoms with Crippen LogP contribution in [0.1, 0.15) is 30.4 Å². The molecule has 5 nitrogen and oxygen atoms in total. The Bertz CT molecular complexity index is 966. The van der Waals surface area contributed by atoms with Gasteiger partial charge in [-0.15, -0.1) is 0 Å². The molecule has 8 heteroatoms. The van der Waals surface area contributed by atoms with Crippen LogP contribution in [0.4, 0.5) is 13.2 Å². The quantitative estimate of drug-likeness (QED) is 0.747. The average molecular weight is 395 g/mol. The van der Waals surface area contributed by atoms with Gasteiger partial charge in [-0.2, -0.15) is 13.2 Å². The third-order valence-electron chi connectivity index (χ3n) is 5.54. The number of aryl methyl sites for hydroxylation is 1.